The van der Waals surface area contributed by atoms with E-state index in [1.807, 2.05) is 0 Å². The molecule has 164 valence electrons. The third-order valence-corrected chi connectivity index (χ3v) is 5.71. The summed E-state index contributed by atoms with van der Waals surface area (Å²) in [4.78, 5) is 54.1. The molecule has 8 nitrogen and oxygen atoms in total. The van der Waals surface area contributed by atoms with Crippen molar-refractivity contribution < 1.29 is 32.7 Å². The maximum Gasteiger partial charge on any atom is 0.326 e. The van der Waals surface area contributed by atoms with Crippen molar-refractivity contribution in [2.75, 3.05) is 13.2 Å². The van der Waals surface area contributed by atoms with Gasteiger partial charge < -0.3 is 9.30 Å². The van der Waals surface area contributed by atoms with Crippen LogP contribution in [0, 0.1) is 11.6 Å². The van der Waals surface area contributed by atoms with Gasteiger partial charge in [0.2, 0.25) is 0 Å². The van der Waals surface area contributed by atoms with Gasteiger partial charge in [-0.1, -0.05) is 23.5 Å². The van der Waals surface area contributed by atoms with Gasteiger partial charge in [-0.15, -0.1) is 0 Å². The smallest absolute Gasteiger partial charge is 0.326 e. The summed E-state index contributed by atoms with van der Waals surface area (Å²) >= 11 is 0.787. The van der Waals surface area contributed by atoms with Crippen molar-refractivity contribution in [3.63, 3.8) is 0 Å². The number of rotatable bonds is 5. The number of hydrogen-bond acceptors (Lipinski definition) is 6. The minimum atomic E-state index is -0.935. The summed E-state index contributed by atoms with van der Waals surface area (Å²) in [6.07, 6.45) is 0. The van der Waals surface area contributed by atoms with Gasteiger partial charge in [0.25, 0.3) is 17.7 Å². The van der Waals surface area contributed by atoms with Crippen LogP contribution in [0.4, 0.5) is 8.78 Å². The number of carbonyl (C=O) groups excluding carboxylic acids is 4. The second-order valence-electron chi connectivity index (χ2n) is 6.76. The maximum absolute atomic E-state index is 14.4. The zero-order valence-corrected chi connectivity index (χ0v) is 17.4. The molecule has 0 aliphatic carbocycles. The maximum atomic E-state index is 14.4. The summed E-state index contributed by atoms with van der Waals surface area (Å²) in [5.74, 6) is -4.59. The van der Waals surface area contributed by atoms with E-state index in [9.17, 15) is 28.0 Å². The van der Waals surface area contributed by atoms with E-state index in [-0.39, 0.29) is 32.8 Å². The third kappa shape index (κ3) is 3.82. The molecule has 1 aromatic heterocycles. The Labute approximate surface area is 183 Å². The van der Waals surface area contributed by atoms with Gasteiger partial charge >= 0.3 is 5.97 Å². The molecule has 0 radical (unpaired) electrons. The first-order valence-electron chi connectivity index (χ1n) is 9.47. The van der Waals surface area contributed by atoms with Crippen molar-refractivity contribution in [1.29, 1.82) is 0 Å². The van der Waals surface area contributed by atoms with Gasteiger partial charge in [0.1, 0.15) is 18.9 Å². The van der Waals surface area contributed by atoms with Crippen LogP contribution < -0.4 is 4.80 Å². The van der Waals surface area contributed by atoms with Gasteiger partial charge in [-0.05, 0) is 25.1 Å². The molecule has 1 aliphatic heterocycles. The van der Waals surface area contributed by atoms with E-state index < -0.39 is 48.4 Å². The first kappa shape index (κ1) is 21.5. The SMILES string of the molecule is CCOC(=O)Cn1c(=NC(=O)CN2C(=O)c3ccccc3C2=O)sc2cc(F)cc(F)c21. The van der Waals surface area contributed by atoms with Crippen LogP contribution in [-0.4, -0.2) is 46.3 Å². The lowest BCUT2D eigenvalue weighted by molar-refractivity contribution is -0.143. The summed E-state index contributed by atoms with van der Waals surface area (Å²) < 4.78 is 34.2. The van der Waals surface area contributed by atoms with Gasteiger partial charge in [0.05, 0.1) is 28.0 Å². The number of esters is 1. The fourth-order valence-electron chi connectivity index (χ4n) is 3.36. The molecular weight excluding hydrogens is 444 g/mol. The largest absolute Gasteiger partial charge is 0.465 e. The Morgan fingerprint density at radius 3 is 2.34 bits per heavy atom. The number of imide groups is 1. The number of amides is 3. The Kier molecular flexibility index (Phi) is 5.66. The van der Waals surface area contributed by atoms with Crippen LogP contribution >= 0.6 is 11.3 Å². The first-order chi connectivity index (χ1) is 15.3. The van der Waals surface area contributed by atoms with Crippen LogP contribution in [0.2, 0.25) is 0 Å². The first-order valence-corrected chi connectivity index (χ1v) is 10.3. The van der Waals surface area contributed by atoms with E-state index in [2.05, 4.69) is 4.99 Å². The molecule has 2 heterocycles. The highest BCUT2D eigenvalue weighted by molar-refractivity contribution is 7.16. The molecule has 0 N–H and O–H groups in total. The van der Waals surface area contributed by atoms with Gasteiger partial charge in [0, 0.05) is 6.07 Å². The Morgan fingerprint density at radius 1 is 1.06 bits per heavy atom. The normalized spacial score (nSPS) is 13.7. The quantitative estimate of drug-likeness (QED) is 0.431. The van der Waals surface area contributed by atoms with Crippen molar-refractivity contribution >= 4 is 45.2 Å². The molecule has 1 aliphatic rings. The number of fused-ring (bicyclic) bond motifs is 2. The molecule has 3 amide bonds. The molecule has 0 spiro atoms. The van der Waals surface area contributed by atoms with Crippen LogP contribution in [0.5, 0.6) is 0 Å². The van der Waals surface area contributed by atoms with E-state index in [0.717, 1.165) is 26.9 Å². The molecule has 0 saturated heterocycles. The van der Waals surface area contributed by atoms with Crippen LogP contribution in [0.25, 0.3) is 10.2 Å². The van der Waals surface area contributed by atoms with Crippen LogP contribution in [-0.2, 0) is 20.9 Å². The monoisotopic (exact) mass is 459 g/mol. The van der Waals surface area contributed by atoms with Crippen molar-refractivity contribution in [1.82, 2.24) is 9.47 Å². The number of carbonyl (C=O) groups is 4. The third-order valence-electron chi connectivity index (χ3n) is 4.68. The number of thiazole rings is 1. The summed E-state index contributed by atoms with van der Waals surface area (Å²) in [5.41, 5.74) is 0.251. The Morgan fingerprint density at radius 2 is 1.72 bits per heavy atom. The van der Waals surface area contributed by atoms with Gasteiger partial charge in [0.15, 0.2) is 10.6 Å². The summed E-state index contributed by atoms with van der Waals surface area (Å²) in [5, 5.41) is 0. The summed E-state index contributed by atoms with van der Waals surface area (Å²) in [7, 11) is 0. The molecule has 3 aromatic rings. The minimum Gasteiger partial charge on any atom is -0.465 e. The second kappa shape index (κ2) is 8.42. The Bertz CT molecular complexity index is 1330. The predicted molar refractivity (Wildman–Crippen MR) is 109 cm³/mol. The predicted octanol–water partition coefficient (Wildman–Crippen LogP) is 2.27. The topological polar surface area (TPSA) is 98.0 Å². The number of ether oxygens (including phenoxy) is 1. The summed E-state index contributed by atoms with van der Waals surface area (Å²) in [6, 6.07) is 7.87. The van der Waals surface area contributed by atoms with Crippen LogP contribution in [0.1, 0.15) is 27.6 Å². The molecule has 0 bridgehead atoms. The number of aromatic nitrogens is 1. The molecule has 0 saturated carbocycles. The Hall–Kier alpha value is -3.73. The van der Waals surface area contributed by atoms with E-state index in [1.165, 1.54) is 12.1 Å². The fourth-order valence-corrected chi connectivity index (χ4v) is 4.44. The lowest BCUT2D eigenvalue weighted by Crippen LogP contribution is -2.35. The molecule has 0 atom stereocenters. The fraction of sp³-hybridized carbons (Fsp3) is 0.190. The number of benzene rings is 2. The summed E-state index contributed by atoms with van der Waals surface area (Å²) in [6.45, 7) is 0.581. The highest BCUT2D eigenvalue weighted by Crippen LogP contribution is 2.24. The van der Waals surface area contributed by atoms with Gasteiger partial charge in [-0.25, -0.2) is 8.78 Å². The molecular formula is C21H15F2N3O5S. The van der Waals surface area contributed by atoms with Crippen LogP contribution in [0.3, 0.4) is 0 Å². The average Bonchev–Trinajstić information content (AvgIpc) is 3.18. The van der Waals surface area contributed by atoms with Crippen molar-refractivity contribution in [2.45, 2.75) is 13.5 Å². The molecule has 11 heteroatoms. The number of nitrogens with zero attached hydrogens (tertiary/aromatic N) is 3. The molecule has 32 heavy (non-hydrogen) atoms. The zero-order valence-electron chi connectivity index (χ0n) is 16.6. The van der Waals surface area contributed by atoms with E-state index >= 15 is 0 Å². The van der Waals surface area contributed by atoms with Gasteiger partial charge in [-0.3, -0.25) is 24.1 Å². The average molecular weight is 459 g/mol. The van der Waals surface area contributed by atoms with Crippen molar-refractivity contribution in [3.05, 3.63) is 64.0 Å². The highest BCUT2D eigenvalue weighted by Gasteiger charge is 2.36. The van der Waals surface area contributed by atoms with E-state index in [4.69, 9.17) is 4.74 Å². The molecule has 2 aromatic carbocycles. The molecule has 4 rings (SSSR count). The second-order valence-corrected chi connectivity index (χ2v) is 7.77. The number of hydrogen-bond donors (Lipinski definition) is 0. The number of halogens is 2. The van der Waals surface area contributed by atoms with Crippen molar-refractivity contribution in [2.24, 2.45) is 4.99 Å². The zero-order chi connectivity index (χ0) is 23.0. The van der Waals surface area contributed by atoms with Crippen molar-refractivity contribution in [3.8, 4) is 0 Å². The Balaban J connectivity index is 1.71. The standard InChI is InChI=1S/C21H15F2N3O5S/c1-2-31-17(28)10-25-18-14(23)7-11(22)8-15(18)32-21(25)24-16(27)9-26-19(29)12-5-3-4-6-13(12)20(26)30/h3-8H,2,9-10H2,1H3. The minimum absolute atomic E-state index is 0.0870. The molecule has 0 unspecified atom stereocenters. The van der Waals surface area contributed by atoms with E-state index in [0.29, 0.717) is 6.07 Å². The molecule has 0 fully saturated rings. The lowest BCUT2D eigenvalue weighted by Gasteiger charge is -2.10. The lowest BCUT2D eigenvalue weighted by atomic mass is 10.1. The van der Waals surface area contributed by atoms with Gasteiger partial charge in [-0.2, -0.15) is 4.99 Å². The van der Waals surface area contributed by atoms with E-state index in [1.54, 1.807) is 19.1 Å². The highest BCUT2D eigenvalue weighted by atomic mass is 32.1. The van der Waals surface area contributed by atoms with Crippen LogP contribution in [0.15, 0.2) is 41.4 Å².